The van der Waals surface area contributed by atoms with Crippen molar-refractivity contribution in [2.24, 2.45) is 5.92 Å². The number of amides is 1. The Morgan fingerprint density at radius 1 is 1.12 bits per heavy atom. The summed E-state index contributed by atoms with van der Waals surface area (Å²) >= 11 is 0. The molecule has 0 unspecified atom stereocenters. The lowest BCUT2D eigenvalue weighted by atomic mass is 9.95. The number of nitrogens with zero attached hydrogens (tertiary/aromatic N) is 3. The van der Waals surface area contributed by atoms with E-state index in [1.807, 2.05) is 56.3 Å². The fourth-order valence-corrected chi connectivity index (χ4v) is 3.09. The summed E-state index contributed by atoms with van der Waals surface area (Å²) in [6, 6.07) is 14.1. The van der Waals surface area contributed by atoms with E-state index in [1.165, 1.54) is 0 Å². The highest BCUT2D eigenvalue weighted by molar-refractivity contribution is 5.79. The van der Waals surface area contributed by atoms with Crippen LogP contribution in [0.25, 0.3) is 0 Å². The molecule has 1 N–H and O–H groups in total. The summed E-state index contributed by atoms with van der Waals surface area (Å²) < 4.78 is 0. The molecule has 1 amide bonds. The first-order valence-electron chi connectivity index (χ1n) is 8.54. The van der Waals surface area contributed by atoms with Crippen molar-refractivity contribution >= 4 is 11.7 Å². The van der Waals surface area contributed by atoms with Crippen molar-refractivity contribution in [3.05, 3.63) is 53.7 Å². The number of benzene rings is 1. The summed E-state index contributed by atoms with van der Waals surface area (Å²) in [6.07, 6.45) is 1.70. The van der Waals surface area contributed by atoms with Gasteiger partial charge in [-0.2, -0.15) is 5.10 Å². The highest BCUT2D eigenvalue weighted by atomic mass is 16.1. The third-order valence-electron chi connectivity index (χ3n) is 4.63. The van der Waals surface area contributed by atoms with Crippen LogP contribution < -0.4 is 10.2 Å². The molecule has 0 aliphatic carbocycles. The van der Waals surface area contributed by atoms with Gasteiger partial charge >= 0.3 is 0 Å². The van der Waals surface area contributed by atoms with Crippen molar-refractivity contribution in [3.63, 3.8) is 0 Å². The maximum Gasteiger partial charge on any atom is 0.223 e. The van der Waals surface area contributed by atoms with Gasteiger partial charge in [0.1, 0.15) is 0 Å². The maximum absolute atomic E-state index is 12.5. The molecule has 1 fully saturated rings. The van der Waals surface area contributed by atoms with E-state index in [0.717, 1.165) is 43.0 Å². The van der Waals surface area contributed by atoms with Gasteiger partial charge in [-0.1, -0.05) is 30.3 Å². The molecule has 5 nitrogen and oxygen atoms in total. The Hall–Kier alpha value is -2.43. The van der Waals surface area contributed by atoms with Gasteiger partial charge in [-0.25, -0.2) is 0 Å². The molecule has 1 aliphatic rings. The van der Waals surface area contributed by atoms with Gasteiger partial charge in [0.05, 0.1) is 11.7 Å². The molecule has 1 aromatic carbocycles. The number of carbonyl (C=O) groups is 1. The molecule has 1 aliphatic heterocycles. The molecule has 1 saturated heterocycles. The van der Waals surface area contributed by atoms with E-state index in [0.29, 0.717) is 0 Å². The minimum absolute atomic E-state index is 0.0414. The van der Waals surface area contributed by atoms with Gasteiger partial charge in [0.2, 0.25) is 5.91 Å². The van der Waals surface area contributed by atoms with Crippen LogP contribution in [0.3, 0.4) is 0 Å². The third-order valence-corrected chi connectivity index (χ3v) is 4.63. The molecule has 0 bridgehead atoms. The third kappa shape index (κ3) is 3.91. The van der Waals surface area contributed by atoms with Crippen LogP contribution in [0.4, 0.5) is 5.82 Å². The topological polar surface area (TPSA) is 58.1 Å². The fourth-order valence-electron chi connectivity index (χ4n) is 3.09. The molecular formula is C19H24N4O. The van der Waals surface area contributed by atoms with E-state index in [1.54, 1.807) is 0 Å². The first-order valence-corrected chi connectivity index (χ1v) is 8.54. The minimum Gasteiger partial charge on any atom is -0.355 e. The van der Waals surface area contributed by atoms with Crippen LogP contribution in [0.2, 0.25) is 0 Å². The monoisotopic (exact) mass is 324 g/mol. The number of nitrogens with one attached hydrogen (secondary N) is 1. The smallest absolute Gasteiger partial charge is 0.223 e. The fraction of sp³-hybridized carbons (Fsp3) is 0.421. The summed E-state index contributed by atoms with van der Waals surface area (Å²) in [5.74, 6) is 1.13. The van der Waals surface area contributed by atoms with Crippen molar-refractivity contribution in [1.29, 1.82) is 0 Å². The Bertz CT molecular complexity index is 664. The van der Waals surface area contributed by atoms with Crippen LogP contribution in [-0.4, -0.2) is 29.2 Å². The Kier molecular flexibility index (Phi) is 5.08. The number of piperidine rings is 1. The zero-order valence-corrected chi connectivity index (χ0v) is 14.3. The van der Waals surface area contributed by atoms with Gasteiger partial charge in [-0.3, -0.25) is 4.79 Å². The van der Waals surface area contributed by atoms with Crippen molar-refractivity contribution < 1.29 is 4.79 Å². The van der Waals surface area contributed by atoms with E-state index >= 15 is 0 Å². The van der Waals surface area contributed by atoms with Gasteiger partial charge in [0.15, 0.2) is 5.82 Å². The molecule has 2 aromatic rings. The zero-order valence-electron chi connectivity index (χ0n) is 14.3. The molecule has 2 heterocycles. The van der Waals surface area contributed by atoms with E-state index in [9.17, 15) is 4.79 Å². The summed E-state index contributed by atoms with van der Waals surface area (Å²) in [5, 5.41) is 11.5. The Balaban J connectivity index is 1.52. The largest absolute Gasteiger partial charge is 0.355 e. The lowest BCUT2D eigenvalue weighted by Gasteiger charge is -2.32. The zero-order chi connectivity index (χ0) is 16.9. The van der Waals surface area contributed by atoms with Crippen LogP contribution in [-0.2, 0) is 4.79 Å². The molecule has 0 saturated carbocycles. The highest BCUT2D eigenvalue weighted by Gasteiger charge is 2.26. The minimum atomic E-state index is 0.0414. The predicted octanol–water partition coefficient (Wildman–Crippen LogP) is 2.88. The van der Waals surface area contributed by atoms with Crippen LogP contribution in [0.5, 0.6) is 0 Å². The number of hydrogen-bond acceptors (Lipinski definition) is 4. The molecule has 5 heteroatoms. The Labute approximate surface area is 143 Å². The number of rotatable bonds is 4. The first-order chi connectivity index (χ1) is 11.6. The Morgan fingerprint density at radius 3 is 2.46 bits per heavy atom. The summed E-state index contributed by atoms with van der Waals surface area (Å²) in [5.41, 5.74) is 2.06. The number of hydrogen-bond donors (Lipinski definition) is 1. The molecule has 24 heavy (non-hydrogen) atoms. The lowest BCUT2D eigenvalue weighted by Crippen LogP contribution is -2.41. The summed E-state index contributed by atoms with van der Waals surface area (Å²) in [4.78, 5) is 14.7. The van der Waals surface area contributed by atoms with Gasteiger partial charge in [0.25, 0.3) is 0 Å². The van der Waals surface area contributed by atoms with Crippen molar-refractivity contribution in [2.75, 3.05) is 18.0 Å². The quantitative estimate of drug-likeness (QED) is 0.939. The lowest BCUT2D eigenvalue weighted by molar-refractivity contribution is -0.126. The van der Waals surface area contributed by atoms with E-state index in [-0.39, 0.29) is 17.9 Å². The maximum atomic E-state index is 12.5. The average Bonchev–Trinajstić information content (AvgIpc) is 2.63. The number of aryl methyl sites for hydroxylation is 1. The van der Waals surface area contributed by atoms with Crippen LogP contribution in [0.1, 0.15) is 37.1 Å². The SMILES string of the molecule is Cc1ccc(N2CCC(C(=O)N[C@@H](C)c3ccccc3)CC2)nn1. The molecule has 1 atom stereocenters. The van der Waals surface area contributed by atoms with E-state index in [4.69, 9.17) is 0 Å². The van der Waals surface area contributed by atoms with Gasteiger partial charge in [-0.15, -0.1) is 5.10 Å². The van der Waals surface area contributed by atoms with Crippen molar-refractivity contribution in [2.45, 2.75) is 32.7 Å². The highest BCUT2D eigenvalue weighted by Crippen LogP contribution is 2.22. The van der Waals surface area contributed by atoms with Gasteiger partial charge < -0.3 is 10.2 Å². The normalized spacial score (nSPS) is 16.7. The molecule has 126 valence electrons. The van der Waals surface area contributed by atoms with E-state index in [2.05, 4.69) is 20.4 Å². The second-order valence-electron chi connectivity index (χ2n) is 6.44. The number of anilines is 1. The summed E-state index contributed by atoms with van der Waals surface area (Å²) in [7, 11) is 0. The molecule has 0 spiro atoms. The van der Waals surface area contributed by atoms with Crippen LogP contribution in [0, 0.1) is 12.8 Å². The predicted molar refractivity (Wildman–Crippen MR) is 94.7 cm³/mol. The van der Waals surface area contributed by atoms with Gasteiger partial charge in [0, 0.05) is 19.0 Å². The second-order valence-corrected chi connectivity index (χ2v) is 6.44. The first kappa shape index (κ1) is 16.4. The Morgan fingerprint density at radius 2 is 1.83 bits per heavy atom. The van der Waals surface area contributed by atoms with Crippen molar-refractivity contribution in [1.82, 2.24) is 15.5 Å². The van der Waals surface area contributed by atoms with E-state index < -0.39 is 0 Å². The number of aromatic nitrogens is 2. The van der Waals surface area contributed by atoms with Crippen LogP contribution in [0.15, 0.2) is 42.5 Å². The summed E-state index contributed by atoms with van der Waals surface area (Å²) in [6.45, 7) is 5.65. The molecule has 1 aromatic heterocycles. The average molecular weight is 324 g/mol. The van der Waals surface area contributed by atoms with Crippen LogP contribution >= 0.6 is 0 Å². The standard InChI is InChI=1S/C19H24N4O/c1-14-8-9-18(22-21-14)23-12-10-17(11-13-23)19(24)20-15(2)16-6-4-3-5-7-16/h3-9,15,17H,10-13H2,1-2H3,(H,20,24)/t15-/m0/s1. The molecule has 3 rings (SSSR count). The van der Waals surface area contributed by atoms with Crippen molar-refractivity contribution in [3.8, 4) is 0 Å². The van der Waals surface area contributed by atoms with Gasteiger partial charge in [-0.05, 0) is 44.4 Å². The molecular weight excluding hydrogens is 300 g/mol. The molecule has 0 radical (unpaired) electrons. The number of carbonyl (C=O) groups excluding carboxylic acids is 1. The second kappa shape index (κ2) is 7.43.